The second kappa shape index (κ2) is 7.71. The normalized spacial score (nSPS) is 24.1. The molecule has 0 radical (unpaired) electrons. The molecule has 5 N–H and O–H groups in total. The van der Waals surface area contributed by atoms with Gasteiger partial charge in [-0.05, 0) is 0 Å². The van der Waals surface area contributed by atoms with Gasteiger partial charge < -0.3 is 15.0 Å². The van der Waals surface area contributed by atoms with Crippen LogP contribution in [0.1, 0.15) is 0 Å². The van der Waals surface area contributed by atoms with Crippen LogP contribution in [0.5, 0.6) is 0 Å². The van der Waals surface area contributed by atoms with Gasteiger partial charge in [-0.25, -0.2) is 27.1 Å². The molecule has 0 atom stereocenters. The third kappa shape index (κ3) is 5.57. The van der Waals surface area contributed by atoms with Gasteiger partial charge in [-0.1, -0.05) is 0 Å². The van der Waals surface area contributed by atoms with Gasteiger partial charge in [0.2, 0.25) is 20.0 Å². The molecule has 3 fully saturated rings. The number of sulfonamides is 2. The van der Waals surface area contributed by atoms with Gasteiger partial charge >= 0.3 is 0 Å². The summed E-state index contributed by atoms with van der Waals surface area (Å²) in [6.07, 6.45) is 0. The Bertz CT molecular complexity index is 556. The zero-order chi connectivity index (χ0) is 15.7. The average molecular weight is 379 g/mol. The van der Waals surface area contributed by atoms with E-state index in [2.05, 4.69) is 10.2 Å². The summed E-state index contributed by atoms with van der Waals surface area (Å²) in [6, 6.07) is 0. The van der Waals surface area contributed by atoms with Crippen molar-refractivity contribution in [3.8, 4) is 0 Å². The molecule has 0 aliphatic carbocycles. The Morgan fingerprint density at radius 1 is 1.00 bits per heavy atom. The number of nitrogens with one attached hydrogen (secondary N) is 1. The summed E-state index contributed by atoms with van der Waals surface area (Å²) in [5.74, 6) is 0.599. The Morgan fingerprint density at radius 2 is 1.50 bits per heavy atom. The Kier molecular flexibility index (Phi) is 7.02. The molecule has 3 heterocycles. The molecule has 0 spiro atoms. The molecule has 3 aliphatic rings. The van der Waals surface area contributed by atoms with E-state index in [9.17, 15) is 16.8 Å². The van der Waals surface area contributed by atoms with E-state index in [1.54, 1.807) is 0 Å². The number of primary sulfonamides is 2. The van der Waals surface area contributed by atoms with Gasteiger partial charge in [0.1, 0.15) is 5.25 Å². The molecular formula is C10H23ClN4O5S2. The first kappa shape index (κ1) is 20.0. The van der Waals surface area contributed by atoms with Crippen molar-refractivity contribution in [3.05, 3.63) is 0 Å². The Balaban J connectivity index is 0.000000234. The summed E-state index contributed by atoms with van der Waals surface area (Å²) in [4.78, 5) is 2.11. The second-order valence-electron chi connectivity index (χ2n) is 5.70. The Morgan fingerprint density at radius 3 is 1.73 bits per heavy atom. The highest BCUT2D eigenvalue weighted by Crippen LogP contribution is 2.19. The molecule has 0 aromatic rings. The van der Waals surface area contributed by atoms with Crippen LogP contribution in [-0.4, -0.2) is 78.2 Å². The minimum atomic E-state index is -3.30. The number of ether oxygens (including phenoxy) is 1. The van der Waals surface area contributed by atoms with Crippen molar-refractivity contribution in [3.63, 3.8) is 0 Å². The van der Waals surface area contributed by atoms with Gasteiger partial charge in [0.05, 0.1) is 18.5 Å². The van der Waals surface area contributed by atoms with Gasteiger partial charge in [-0.2, -0.15) is 0 Å². The molecule has 0 amide bonds. The number of nitrogens with zero attached hydrogens (tertiary/aromatic N) is 1. The van der Waals surface area contributed by atoms with Crippen molar-refractivity contribution in [2.45, 2.75) is 10.5 Å². The fourth-order valence-corrected chi connectivity index (χ4v) is 3.67. The number of rotatable bonds is 4. The maximum Gasteiger partial charge on any atom is 0.214 e. The average Bonchev–Trinajstić information content (AvgIpc) is 2.04. The molecule has 3 aliphatic heterocycles. The van der Waals surface area contributed by atoms with E-state index >= 15 is 0 Å². The lowest BCUT2D eigenvalue weighted by atomic mass is 10.1. The number of hydrogen-bond acceptors (Lipinski definition) is 7. The van der Waals surface area contributed by atoms with E-state index in [-0.39, 0.29) is 22.9 Å². The zero-order valence-electron chi connectivity index (χ0n) is 12.0. The van der Waals surface area contributed by atoms with Crippen LogP contribution >= 0.6 is 12.4 Å². The SMILES string of the molecule is Cl.NS(=O)(=O)C1CN(CC2COC2)C1.NS(=O)(=O)C1CNC1. The quantitative estimate of drug-likeness (QED) is 0.481. The van der Waals surface area contributed by atoms with Crippen molar-refractivity contribution < 1.29 is 21.6 Å². The second-order valence-corrected chi connectivity index (χ2v) is 9.39. The summed E-state index contributed by atoms with van der Waals surface area (Å²) in [5, 5.41) is 11.9. The zero-order valence-corrected chi connectivity index (χ0v) is 14.5. The molecule has 3 saturated heterocycles. The molecule has 132 valence electrons. The van der Waals surface area contributed by atoms with Crippen LogP contribution in [0.15, 0.2) is 0 Å². The van der Waals surface area contributed by atoms with E-state index in [0.29, 0.717) is 32.1 Å². The van der Waals surface area contributed by atoms with Gasteiger partial charge in [0, 0.05) is 38.6 Å². The van der Waals surface area contributed by atoms with Gasteiger partial charge in [0.25, 0.3) is 0 Å². The fraction of sp³-hybridized carbons (Fsp3) is 1.00. The van der Waals surface area contributed by atoms with Gasteiger partial charge in [-0.15, -0.1) is 12.4 Å². The lowest BCUT2D eigenvalue weighted by Gasteiger charge is -2.41. The number of likely N-dealkylation sites (tertiary alicyclic amines) is 1. The smallest absolute Gasteiger partial charge is 0.214 e. The van der Waals surface area contributed by atoms with E-state index in [4.69, 9.17) is 15.0 Å². The minimum absolute atomic E-state index is 0. The highest BCUT2D eigenvalue weighted by molar-refractivity contribution is 7.90. The monoisotopic (exact) mass is 378 g/mol. The third-order valence-electron chi connectivity index (χ3n) is 3.82. The van der Waals surface area contributed by atoms with Crippen LogP contribution in [-0.2, 0) is 24.8 Å². The van der Waals surface area contributed by atoms with Crippen LogP contribution in [0.3, 0.4) is 0 Å². The predicted molar refractivity (Wildman–Crippen MR) is 84.7 cm³/mol. The third-order valence-corrected chi connectivity index (χ3v) is 6.31. The van der Waals surface area contributed by atoms with Crippen molar-refractivity contribution in [2.24, 2.45) is 16.2 Å². The molecule has 0 aromatic heterocycles. The molecule has 3 rings (SSSR count). The van der Waals surface area contributed by atoms with Crippen LogP contribution in [0.25, 0.3) is 0 Å². The summed E-state index contributed by atoms with van der Waals surface area (Å²) in [7, 11) is -6.53. The highest BCUT2D eigenvalue weighted by Gasteiger charge is 2.36. The number of halogens is 1. The molecule has 0 bridgehead atoms. The summed E-state index contributed by atoms with van der Waals surface area (Å²) in [5.41, 5.74) is 0. The van der Waals surface area contributed by atoms with E-state index in [1.165, 1.54) is 0 Å². The van der Waals surface area contributed by atoms with Crippen molar-refractivity contribution in [1.82, 2.24) is 10.2 Å². The molecule has 0 aromatic carbocycles. The number of nitrogens with two attached hydrogens (primary N) is 2. The van der Waals surface area contributed by atoms with Gasteiger partial charge in [0.15, 0.2) is 0 Å². The first-order valence-electron chi connectivity index (χ1n) is 6.70. The van der Waals surface area contributed by atoms with Crippen molar-refractivity contribution in [2.75, 3.05) is 45.9 Å². The largest absolute Gasteiger partial charge is 0.381 e. The van der Waals surface area contributed by atoms with E-state index < -0.39 is 20.0 Å². The standard InChI is InChI=1S/C7H14N2O3S.C3H8N2O2S.ClH/c8-13(10,11)7-2-9(3-7)1-6-4-12-5-6;4-8(6,7)3-1-5-2-3;/h6-7H,1-5H2,(H2,8,10,11);3,5H,1-2H2,(H2,4,6,7);1H. The first-order chi connectivity index (χ1) is 9.66. The Hall–Kier alpha value is -0.0100. The molecule has 0 unspecified atom stereocenters. The van der Waals surface area contributed by atoms with E-state index in [0.717, 1.165) is 19.8 Å². The maximum absolute atomic E-state index is 10.9. The van der Waals surface area contributed by atoms with E-state index in [1.807, 2.05) is 0 Å². The fourth-order valence-electron chi connectivity index (χ4n) is 2.13. The maximum atomic E-state index is 10.9. The summed E-state index contributed by atoms with van der Waals surface area (Å²) in [6.45, 7) is 4.79. The minimum Gasteiger partial charge on any atom is -0.381 e. The topological polar surface area (TPSA) is 145 Å². The highest BCUT2D eigenvalue weighted by atomic mass is 35.5. The van der Waals surface area contributed by atoms with Crippen LogP contribution in [0, 0.1) is 5.92 Å². The Labute approximate surface area is 137 Å². The summed E-state index contributed by atoms with van der Waals surface area (Å²) >= 11 is 0. The summed E-state index contributed by atoms with van der Waals surface area (Å²) < 4.78 is 47.4. The first-order valence-corrected chi connectivity index (χ1v) is 9.92. The van der Waals surface area contributed by atoms with Crippen LogP contribution < -0.4 is 15.6 Å². The molecule has 22 heavy (non-hydrogen) atoms. The van der Waals surface area contributed by atoms with Crippen molar-refractivity contribution >= 4 is 32.5 Å². The van der Waals surface area contributed by atoms with Crippen LogP contribution in [0.4, 0.5) is 0 Å². The molecular weight excluding hydrogens is 356 g/mol. The van der Waals surface area contributed by atoms with Crippen molar-refractivity contribution in [1.29, 1.82) is 0 Å². The lowest BCUT2D eigenvalue weighted by Crippen LogP contribution is -2.58. The lowest BCUT2D eigenvalue weighted by molar-refractivity contribution is -0.0530. The van der Waals surface area contributed by atoms with Gasteiger partial charge in [-0.3, -0.25) is 0 Å². The molecule has 12 heteroatoms. The number of hydrogen-bond donors (Lipinski definition) is 3. The molecule has 9 nitrogen and oxygen atoms in total. The predicted octanol–water partition coefficient (Wildman–Crippen LogP) is -2.73. The van der Waals surface area contributed by atoms with Crippen LogP contribution in [0.2, 0.25) is 0 Å². The molecule has 0 saturated carbocycles.